The highest BCUT2D eigenvalue weighted by atomic mass is 31.1. The number of rotatable bonds is 5. The molecule has 32 heavy (non-hydrogen) atoms. The molecular weight excluding hydrogens is 407 g/mol. The third-order valence-corrected chi connectivity index (χ3v) is 11.1. The Morgan fingerprint density at radius 3 is 1.72 bits per heavy atom. The number of hydrogen-bond acceptors (Lipinski definition) is 1. The first-order valence-electron chi connectivity index (χ1n) is 12.6. The highest BCUT2D eigenvalue weighted by Gasteiger charge is 2.33. The molecule has 0 atom stereocenters. The zero-order valence-corrected chi connectivity index (χ0v) is 19.9. The van der Waals surface area contributed by atoms with E-state index < -0.39 is 0 Å². The van der Waals surface area contributed by atoms with E-state index in [2.05, 4.69) is 48.5 Å². The zero-order chi connectivity index (χ0) is 21.8. The summed E-state index contributed by atoms with van der Waals surface area (Å²) in [6.07, 6.45) is 14.2. The van der Waals surface area contributed by atoms with Gasteiger partial charge in [0.15, 0.2) is 0 Å². The van der Waals surface area contributed by atoms with Gasteiger partial charge in [-0.2, -0.15) is 0 Å². The molecule has 0 bridgehead atoms. The van der Waals surface area contributed by atoms with Gasteiger partial charge in [0, 0.05) is 5.56 Å². The van der Waals surface area contributed by atoms with Crippen molar-refractivity contribution >= 4 is 13.2 Å². The predicted molar refractivity (Wildman–Crippen MR) is 139 cm³/mol. The lowest BCUT2D eigenvalue weighted by molar-refractivity contribution is 0.477. The van der Waals surface area contributed by atoms with Gasteiger partial charge in [-0.15, -0.1) is 0 Å². The van der Waals surface area contributed by atoms with Crippen molar-refractivity contribution in [3.8, 4) is 28.0 Å². The van der Waals surface area contributed by atoms with Crippen molar-refractivity contribution in [1.29, 1.82) is 0 Å². The van der Waals surface area contributed by atoms with E-state index in [-0.39, 0.29) is 7.92 Å². The number of para-hydroxylation sites is 1. The Hall–Kier alpha value is -2.11. The molecule has 5 rings (SSSR count). The fraction of sp³-hybridized carbons (Fsp3) is 0.400. The molecular formula is C30H35OP. The Morgan fingerprint density at radius 1 is 0.562 bits per heavy atom. The lowest BCUT2D eigenvalue weighted by Crippen LogP contribution is -2.27. The molecule has 2 aliphatic carbocycles. The van der Waals surface area contributed by atoms with Crippen LogP contribution in [0.1, 0.15) is 64.2 Å². The highest BCUT2D eigenvalue weighted by molar-refractivity contribution is 7.67. The summed E-state index contributed by atoms with van der Waals surface area (Å²) in [4.78, 5) is 0. The standard InChI is InChI=1S/C30H35OP/c31-29-20-9-7-18-27(29)23-12-11-13-24(22-23)28-19-8-10-21-30(28)32(25-14-3-1-4-15-25)26-16-5-2-6-17-26/h7-13,18-22,25-26,31H,1-6,14-17H2. The molecule has 2 heteroatoms. The quantitative estimate of drug-likeness (QED) is 0.393. The molecule has 2 aliphatic rings. The van der Waals surface area contributed by atoms with Crippen LogP contribution < -0.4 is 5.30 Å². The fourth-order valence-corrected chi connectivity index (χ4v) is 9.89. The maximum Gasteiger partial charge on any atom is 0.123 e. The van der Waals surface area contributed by atoms with E-state index in [4.69, 9.17) is 0 Å². The maximum absolute atomic E-state index is 10.4. The van der Waals surface area contributed by atoms with Gasteiger partial charge in [0.05, 0.1) is 0 Å². The van der Waals surface area contributed by atoms with Gasteiger partial charge in [0.1, 0.15) is 5.75 Å². The van der Waals surface area contributed by atoms with E-state index in [9.17, 15) is 5.11 Å². The molecule has 2 fully saturated rings. The van der Waals surface area contributed by atoms with Gasteiger partial charge in [-0.3, -0.25) is 0 Å². The van der Waals surface area contributed by atoms with Crippen molar-refractivity contribution in [3.63, 3.8) is 0 Å². The maximum atomic E-state index is 10.4. The first-order chi connectivity index (χ1) is 15.8. The van der Waals surface area contributed by atoms with Gasteiger partial charge < -0.3 is 5.11 Å². The Labute approximate surface area is 194 Å². The Bertz CT molecular complexity index is 1010. The number of benzene rings is 3. The third kappa shape index (κ3) is 4.65. The van der Waals surface area contributed by atoms with Crippen LogP contribution in [0.15, 0.2) is 72.8 Å². The minimum atomic E-state index is -0.156. The SMILES string of the molecule is Oc1ccccc1-c1cccc(-c2ccccc2P(C2CCCCC2)C2CCCCC2)c1. The average molecular weight is 443 g/mol. The van der Waals surface area contributed by atoms with Crippen LogP contribution in [-0.2, 0) is 0 Å². The smallest absolute Gasteiger partial charge is 0.123 e. The van der Waals surface area contributed by atoms with Crippen LogP contribution in [-0.4, -0.2) is 16.4 Å². The minimum Gasteiger partial charge on any atom is -0.507 e. The summed E-state index contributed by atoms with van der Waals surface area (Å²) >= 11 is 0. The van der Waals surface area contributed by atoms with Gasteiger partial charge in [0.2, 0.25) is 0 Å². The molecule has 0 spiro atoms. The Morgan fingerprint density at radius 2 is 1.09 bits per heavy atom. The van der Waals surface area contributed by atoms with E-state index in [0.29, 0.717) is 5.75 Å². The van der Waals surface area contributed by atoms with Crippen molar-refractivity contribution in [2.75, 3.05) is 0 Å². The molecule has 0 unspecified atom stereocenters. The van der Waals surface area contributed by atoms with E-state index in [1.54, 1.807) is 11.4 Å². The largest absolute Gasteiger partial charge is 0.507 e. The Kier molecular flexibility index (Phi) is 6.94. The van der Waals surface area contributed by atoms with Gasteiger partial charge >= 0.3 is 0 Å². The van der Waals surface area contributed by atoms with Gasteiger partial charge in [-0.1, -0.05) is 107 Å². The summed E-state index contributed by atoms with van der Waals surface area (Å²) in [5, 5.41) is 12.0. The topological polar surface area (TPSA) is 20.2 Å². The van der Waals surface area contributed by atoms with Crippen LogP contribution in [0.25, 0.3) is 22.3 Å². The number of phenolic OH excluding ortho intramolecular Hbond substituents is 1. The van der Waals surface area contributed by atoms with Crippen LogP contribution >= 0.6 is 7.92 Å². The summed E-state index contributed by atoms with van der Waals surface area (Å²) in [5.41, 5.74) is 6.50. The van der Waals surface area contributed by atoms with Crippen molar-refractivity contribution < 1.29 is 5.11 Å². The molecule has 0 radical (unpaired) electrons. The summed E-state index contributed by atoms with van der Waals surface area (Å²) < 4.78 is 0. The molecule has 3 aromatic carbocycles. The number of hydrogen-bond donors (Lipinski definition) is 1. The lowest BCUT2D eigenvalue weighted by Gasteiger charge is -2.39. The lowest BCUT2D eigenvalue weighted by atomic mass is 9.98. The average Bonchev–Trinajstić information content (AvgIpc) is 2.86. The van der Waals surface area contributed by atoms with Crippen LogP contribution in [0.4, 0.5) is 0 Å². The first kappa shape index (κ1) is 21.7. The molecule has 0 heterocycles. The summed E-state index contributed by atoms with van der Waals surface area (Å²) in [5.74, 6) is 0.351. The van der Waals surface area contributed by atoms with Gasteiger partial charge in [-0.25, -0.2) is 0 Å². The van der Waals surface area contributed by atoms with Crippen molar-refractivity contribution in [3.05, 3.63) is 72.8 Å². The molecule has 0 aromatic heterocycles. The third-order valence-electron chi connectivity index (χ3n) is 7.51. The van der Waals surface area contributed by atoms with E-state index in [1.807, 2.05) is 18.2 Å². The molecule has 3 aromatic rings. The molecule has 1 N–H and O–H groups in total. The van der Waals surface area contributed by atoms with Crippen molar-refractivity contribution in [2.24, 2.45) is 0 Å². The number of phenols is 1. The molecule has 0 amide bonds. The highest BCUT2D eigenvalue weighted by Crippen LogP contribution is 2.56. The second-order valence-corrected chi connectivity index (χ2v) is 12.4. The van der Waals surface area contributed by atoms with E-state index >= 15 is 0 Å². The van der Waals surface area contributed by atoms with Gasteiger partial charge in [-0.05, 0) is 71.1 Å². The van der Waals surface area contributed by atoms with Crippen LogP contribution in [0.2, 0.25) is 0 Å². The van der Waals surface area contributed by atoms with Gasteiger partial charge in [0.25, 0.3) is 0 Å². The van der Waals surface area contributed by atoms with E-state index in [1.165, 1.54) is 75.3 Å². The fourth-order valence-electron chi connectivity index (χ4n) is 5.92. The van der Waals surface area contributed by atoms with Crippen LogP contribution in [0, 0.1) is 0 Å². The number of aromatic hydroxyl groups is 1. The van der Waals surface area contributed by atoms with Crippen molar-refractivity contribution in [2.45, 2.75) is 75.5 Å². The van der Waals surface area contributed by atoms with E-state index in [0.717, 1.165) is 22.4 Å². The Balaban J connectivity index is 1.56. The summed E-state index contributed by atoms with van der Waals surface area (Å²) in [6.45, 7) is 0. The summed E-state index contributed by atoms with van der Waals surface area (Å²) in [6, 6.07) is 25.8. The van der Waals surface area contributed by atoms with Crippen LogP contribution in [0.3, 0.4) is 0 Å². The predicted octanol–water partition coefficient (Wildman–Crippen LogP) is 8.50. The monoisotopic (exact) mass is 442 g/mol. The normalized spacial score (nSPS) is 18.2. The van der Waals surface area contributed by atoms with Crippen molar-refractivity contribution in [1.82, 2.24) is 0 Å². The molecule has 0 aliphatic heterocycles. The minimum absolute atomic E-state index is 0.156. The molecule has 0 saturated heterocycles. The molecule has 166 valence electrons. The summed E-state index contributed by atoms with van der Waals surface area (Å²) in [7, 11) is -0.156. The first-order valence-corrected chi connectivity index (χ1v) is 14.1. The van der Waals surface area contributed by atoms with Crippen LogP contribution in [0.5, 0.6) is 5.75 Å². The second-order valence-electron chi connectivity index (χ2n) is 9.61. The molecule has 2 saturated carbocycles. The zero-order valence-electron chi connectivity index (χ0n) is 19.0. The molecule has 1 nitrogen and oxygen atoms in total. The second kappa shape index (κ2) is 10.2.